The molecule has 0 fully saturated rings. The van der Waals surface area contributed by atoms with Gasteiger partial charge in [0.2, 0.25) is 0 Å². The minimum absolute atomic E-state index is 0.128. The van der Waals surface area contributed by atoms with Crippen LogP contribution in [0.15, 0.2) is 42.5 Å². The molecular formula is C17H16ClFN2O4. The lowest BCUT2D eigenvalue weighted by molar-refractivity contribution is -0.384. The molecule has 0 heterocycles. The Morgan fingerprint density at radius 3 is 2.68 bits per heavy atom. The van der Waals surface area contributed by atoms with Crippen LogP contribution in [0.1, 0.15) is 19.4 Å². The fraction of sp³-hybridized carbons (Fsp3) is 0.235. The van der Waals surface area contributed by atoms with Gasteiger partial charge < -0.3 is 10.1 Å². The standard InChI is InChI=1S/C17H16ClFN2O4/c1-17(2,14-7-6-11(19)8-15(14)18)20-16(22)10-25-13-5-3-4-12(9-13)21(23)24/h3-9H,10H2,1-2H3,(H,20,22). The number of nitro benzene ring substituents is 1. The van der Waals surface area contributed by atoms with Crippen molar-refractivity contribution in [1.29, 1.82) is 0 Å². The van der Waals surface area contributed by atoms with Crippen LogP contribution >= 0.6 is 11.6 Å². The van der Waals surface area contributed by atoms with Crippen molar-refractivity contribution in [2.75, 3.05) is 6.61 Å². The predicted molar refractivity (Wildman–Crippen MR) is 91.2 cm³/mol. The summed E-state index contributed by atoms with van der Waals surface area (Å²) in [6, 6.07) is 9.47. The van der Waals surface area contributed by atoms with Gasteiger partial charge in [-0.3, -0.25) is 14.9 Å². The molecule has 1 N–H and O–H groups in total. The maximum atomic E-state index is 13.2. The van der Waals surface area contributed by atoms with Crippen LogP contribution in [0.5, 0.6) is 5.75 Å². The lowest BCUT2D eigenvalue weighted by Gasteiger charge is -2.28. The second-order valence-corrected chi connectivity index (χ2v) is 6.25. The highest BCUT2D eigenvalue weighted by atomic mass is 35.5. The van der Waals surface area contributed by atoms with Crippen molar-refractivity contribution in [2.45, 2.75) is 19.4 Å². The van der Waals surface area contributed by atoms with Gasteiger partial charge in [0, 0.05) is 11.1 Å². The highest BCUT2D eigenvalue weighted by molar-refractivity contribution is 6.31. The first-order valence-electron chi connectivity index (χ1n) is 7.33. The summed E-state index contributed by atoms with van der Waals surface area (Å²) in [5.41, 5.74) is -0.427. The SMILES string of the molecule is CC(C)(NC(=O)COc1cccc([N+](=O)[O-])c1)c1ccc(F)cc1Cl. The predicted octanol–water partition coefficient (Wildman–Crippen LogP) is 3.82. The highest BCUT2D eigenvalue weighted by Gasteiger charge is 2.25. The Balaban J connectivity index is 2.01. The van der Waals surface area contributed by atoms with Crippen molar-refractivity contribution in [3.05, 3.63) is 69.0 Å². The summed E-state index contributed by atoms with van der Waals surface area (Å²) in [6.45, 7) is 3.11. The minimum Gasteiger partial charge on any atom is -0.484 e. The van der Waals surface area contributed by atoms with Gasteiger partial charge in [0.25, 0.3) is 11.6 Å². The van der Waals surface area contributed by atoms with Crippen LogP contribution < -0.4 is 10.1 Å². The first kappa shape index (κ1) is 18.7. The normalized spacial score (nSPS) is 11.0. The number of carbonyl (C=O) groups excluding carboxylic acids is 1. The van der Waals surface area contributed by atoms with E-state index < -0.39 is 22.2 Å². The second kappa shape index (κ2) is 7.48. The highest BCUT2D eigenvalue weighted by Crippen LogP contribution is 2.28. The maximum absolute atomic E-state index is 13.2. The quantitative estimate of drug-likeness (QED) is 0.622. The fourth-order valence-electron chi connectivity index (χ4n) is 2.28. The number of benzene rings is 2. The Morgan fingerprint density at radius 2 is 2.04 bits per heavy atom. The van der Waals surface area contributed by atoms with Crippen LogP contribution in [0.25, 0.3) is 0 Å². The third kappa shape index (κ3) is 4.90. The summed E-state index contributed by atoms with van der Waals surface area (Å²) in [4.78, 5) is 22.3. The van der Waals surface area contributed by atoms with E-state index in [9.17, 15) is 19.3 Å². The second-order valence-electron chi connectivity index (χ2n) is 5.84. The van der Waals surface area contributed by atoms with Gasteiger partial charge in [-0.15, -0.1) is 0 Å². The third-order valence-corrected chi connectivity index (χ3v) is 3.77. The number of non-ortho nitro benzene ring substituents is 1. The number of nitrogens with zero attached hydrogens (tertiary/aromatic N) is 1. The molecule has 8 heteroatoms. The Bertz CT molecular complexity index is 811. The average molecular weight is 367 g/mol. The molecule has 0 radical (unpaired) electrons. The average Bonchev–Trinajstić information content (AvgIpc) is 2.52. The van der Waals surface area contributed by atoms with Gasteiger partial charge in [0.05, 0.1) is 16.5 Å². The Hall–Kier alpha value is -2.67. The smallest absolute Gasteiger partial charge is 0.273 e. The monoisotopic (exact) mass is 366 g/mol. The van der Waals surface area contributed by atoms with Crippen molar-refractivity contribution >= 4 is 23.2 Å². The number of carbonyl (C=O) groups is 1. The van der Waals surface area contributed by atoms with Crippen LogP contribution in [0.2, 0.25) is 5.02 Å². The summed E-state index contributed by atoms with van der Waals surface area (Å²) < 4.78 is 18.4. The van der Waals surface area contributed by atoms with E-state index in [1.54, 1.807) is 13.8 Å². The van der Waals surface area contributed by atoms with E-state index in [1.165, 1.54) is 42.5 Å². The van der Waals surface area contributed by atoms with Crippen LogP contribution in [-0.2, 0) is 10.3 Å². The molecule has 0 aliphatic heterocycles. The molecule has 0 spiro atoms. The van der Waals surface area contributed by atoms with Crippen molar-refractivity contribution in [3.8, 4) is 5.75 Å². The number of halogens is 2. The zero-order chi connectivity index (χ0) is 18.6. The fourth-order valence-corrected chi connectivity index (χ4v) is 2.69. The van der Waals surface area contributed by atoms with Crippen LogP contribution in [-0.4, -0.2) is 17.4 Å². The molecule has 2 rings (SSSR count). The lowest BCUT2D eigenvalue weighted by atomic mass is 9.94. The number of amides is 1. The number of rotatable bonds is 6. The van der Waals surface area contributed by atoms with Crippen molar-refractivity contribution < 1.29 is 18.8 Å². The summed E-state index contributed by atoms with van der Waals surface area (Å²) in [5.74, 6) is -0.705. The molecule has 0 atom stereocenters. The maximum Gasteiger partial charge on any atom is 0.273 e. The van der Waals surface area contributed by atoms with Crippen molar-refractivity contribution in [2.24, 2.45) is 0 Å². The summed E-state index contributed by atoms with van der Waals surface area (Å²) in [7, 11) is 0. The van der Waals surface area contributed by atoms with Gasteiger partial charge in [-0.2, -0.15) is 0 Å². The zero-order valence-corrected chi connectivity index (χ0v) is 14.3. The molecule has 1 amide bonds. The number of hydrogen-bond donors (Lipinski definition) is 1. The molecule has 0 saturated heterocycles. The summed E-state index contributed by atoms with van der Waals surface area (Å²) in [6.07, 6.45) is 0. The largest absolute Gasteiger partial charge is 0.484 e. The summed E-state index contributed by atoms with van der Waals surface area (Å²) >= 11 is 6.03. The molecule has 2 aromatic carbocycles. The molecule has 25 heavy (non-hydrogen) atoms. The minimum atomic E-state index is -0.853. The Labute approximate surface area is 148 Å². The van der Waals surface area contributed by atoms with Gasteiger partial charge in [-0.05, 0) is 37.6 Å². The molecule has 0 unspecified atom stereocenters. The van der Waals surface area contributed by atoms with E-state index in [-0.39, 0.29) is 23.1 Å². The van der Waals surface area contributed by atoms with E-state index in [1.807, 2.05) is 0 Å². The Kier molecular flexibility index (Phi) is 5.58. The molecule has 0 bridgehead atoms. The van der Waals surface area contributed by atoms with Gasteiger partial charge >= 0.3 is 0 Å². The lowest BCUT2D eigenvalue weighted by Crippen LogP contribution is -2.43. The molecule has 132 valence electrons. The zero-order valence-electron chi connectivity index (χ0n) is 13.6. The van der Waals surface area contributed by atoms with Gasteiger partial charge in [0.1, 0.15) is 11.6 Å². The van der Waals surface area contributed by atoms with Gasteiger partial charge in [-0.1, -0.05) is 23.7 Å². The van der Waals surface area contributed by atoms with E-state index in [4.69, 9.17) is 16.3 Å². The van der Waals surface area contributed by atoms with E-state index in [0.29, 0.717) is 5.56 Å². The topological polar surface area (TPSA) is 81.5 Å². The van der Waals surface area contributed by atoms with Crippen LogP contribution in [0.4, 0.5) is 10.1 Å². The number of hydrogen-bond acceptors (Lipinski definition) is 4. The number of nitrogens with one attached hydrogen (secondary N) is 1. The molecule has 0 saturated carbocycles. The van der Waals surface area contributed by atoms with Crippen molar-refractivity contribution in [3.63, 3.8) is 0 Å². The molecule has 0 aromatic heterocycles. The molecule has 0 aliphatic rings. The number of ether oxygens (including phenoxy) is 1. The molecule has 6 nitrogen and oxygen atoms in total. The van der Waals surface area contributed by atoms with Gasteiger partial charge in [-0.25, -0.2) is 4.39 Å². The molecule has 2 aromatic rings. The first-order chi connectivity index (χ1) is 11.7. The molecule has 0 aliphatic carbocycles. The summed E-state index contributed by atoms with van der Waals surface area (Å²) in [5, 5.41) is 13.7. The Morgan fingerprint density at radius 1 is 1.32 bits per heavy atom. The van der Waals surface area contributed by atoms with E-state index >= 15 is 0 Å². The van der Waals surface area contributed by atoms with Crippen LogP contribution in [0, 0.1) is 15.9 Å². The first-order valence-corrected chi connectivity index (χ1v) is 7.70. The third-order valence-electron chi connectivity index (χ3n) is 3.45. The van der Waals surface area contributed by atoms with E-state index in [0.717, 1.165) is 0 Å². The van der Waals surface area contributed by atoms with E-state index in [2.05, 4.69) is 5.32 Å². The van der Waals surface area contributed by atoms with Gasteiger partial charge in [0.15, 0.2) is 6.61 Å². The number of nitro groups is 1. The van der Waals surface area contributed by atoms with Crippen LogP contribution in [0.3, 0.4) is 0 Å². The van der Waals surface area contributed by atoms with Crippen molar-refractivity contribution in [1.82, 2.24) is 5.32 Å². The molecular weight excluding hydrogens is 351 g/mol.